The van der Waals surface area contributed by atoms with Crippen LogP contribution in [-0.2, 0) is 14.3 Å². The maximum Gasteiger partial charge on any atom is 0.148 e. The maximum atomic E-state index is 12.7. The molecule has 1 aliphatic rings. The normalized spacial score (nSPS) is 28.4. The van der Waals surface area contributed by atoms with E-state index in [0.717, 1.165) is 0 Å². The quantitative estimate of drug-likeness (QED) is 0.285. The Hall–Kier alpha value is -1.12. The van der Waals surface area contributed by atoms with Crippen molar-refractivity contribution in [2.75, 3.05) is 13.2 Å². The summed E-state index contributed by atoms with van der Waals surface area (Å²) in [5, 5.41) is 40.0. The minimum absolute atomic E-state index is 0.0236. The zero-order chi connectivity index (χ0) is 20.1. The van der Waals surface area contributed by atoms with Crippen LogP contribution in [-0.4, -0.2) is 69.1 Å². The van der Waals surface area contributed by atoms with Crippen LogP contribution in [0.25, 0.3) is 0 Å². The fourth-order valence-electron chi connectivity index (χ4n) is 3.45. The van der Waals surface area contributed by atoms with Crippen molar-refractivity contribution in [1.29, 1.82) is 0 Å². The molecule has 1 heterocycles. The highest BCUT2D eigenvalue weighted by Gasteiger charge is 2.61. The SMILES string of the molecule is C/C=C\[C@H](C)[C@H]1OC1(C)[C@@H](O)[C@@H](CO)C(=O)[C@H](CO)C(O)CC(=O)CC. The van der Waals surface area contributed by atoms with Crippen molar-refractivity contribution < 1.29 is 34.8 Å². The van der Waals surface area contributed by atoms with E-state index in [1.165, 1.54) is 0 Å². The van der Waals surface area contributed by atoms with Gasteiger partial charge in [0.25, 0.3) is 0 Å². The van der Waals surface area contributed by atoms with Crippen LogP contribution in [0.1, 0.15) is 40.5 Å². The fraction of sp³-hybridized carbons (Fsp3) is 0.789. The van der Waals surface area contributed by atoms with Crippen molar-refractivity contribution in [3.8, 4) is 0 Å². The number of hydrogen-bond acceptors (Lipinski definition) is 7. The number of ketones is 2. The molecular formula is C19H32O7. The van der Waals surface area contributed by atoms with E-state index in [4.69, 9.17) is 4.74 Å². The molecule has 7 heteroatoms. The molecule has 4 N–H and O–H groups in total. The molecule has 1 aliphatic heterocycles. The van der Waals surface area contributed by atoms with E-state index in [9.17, 15) is 30.0 Å². The van der Waals surface area contributed by atoms with Crippen molar-refractivity contribution >= 4 is 11.6 Å². The zero-order valence-corrected chi connectivity index (χ0v) is 16.0. The van der Waals surface area contributed by atoms with Gasteiger partial charge >= 0.3 is 0 Å². The van der Waals surface area contributed by atoms with Gasteiger partial charge in [-0.3, -0.25) is 9.59 Å². The molecule has 0 amide bonds. The number of rotatable bonds is 12. The molecule has 26 heavy (non-hydrogen) atoms. The first-order chi connectivity index (χ1) is 12.2. The van der Waals surface area contributed by atoms with Crippen molar-refractivity contribution in [3.63, 3.8) is 0 Å². The largest absolute Gasteiger partial charge is 0.396 e. The Labute approximate surface area is 154 Å². The van der Waals surface area contributed by atoms with E-state index < -0.39 is 48.6 Å². The monoisotopic (exact) mass is 372 g/mol. The smallest absolute Gasteiger partial charge is 0.148 e. The molecule has 1 fully saturated rings. The van der Waals surface area contributed by atoms with Crippen molar-refractivity contribution in [3.05, 3.63) is 12.2 Å². The van der Waals surface area contributed by atoms with Crippen LogP contribution in [0, 0.1) is 17.8 Å². The van der Waals surface area contributed by atoms with Crippen LogP contribution in [0.2, 0.25) is 0 Å². The summed E-state index contributed by atoms with van der Waals surface area (Å²) < 4.78 is 5.63. The fourth-order valence-corrected chi connectivity index (χ4v) is 3.45. The lowest BCUT2D eigenvalue weighted by Crippen LogP contribution is -2.47. The Kier molecular flexibility index (Phi) is 8.56. The van der Waals surface area contributed by atoms with Crippen LogP contribution in [0.3, 0.4) is 0 Å². The Morgan fingerprint density at radius 1 is 1.19 bits per heavy atom. The summed E-state index contributed by atoms with van der Waals surface area (Å²) in [6.07, 6.45) is 0.816. The van der Waals surface area contributed by atoms with Gasteiger partial charge in [-0.1, -0.05) is 26.0 Å². The predicted molar refractivity (Wildman–Crippen MR) is 95.3 cm³/mol. The molecule has 7 atom stereocenters. The number of carbonyl (C=O) groups excluding carboxylic acids is 2. The van der Waals surface area contributed by atoms with Crippen molar-refractivity contribution in [1.82, 2.24) is 0 Å². The minimum Gasteiger partial charge on any atom is -0.396 e. The number of aliphatic hydroxyl groups is 4. The summed E-state index contributed by atoms with van der Waals surface area (Å²) in [6.45, 7) is 5.79. The Bertz CT molecular complexity index is 518. The summed E-state index contributed by atoms with van der Waals surface area (Å²) in [4.78, 5) is 24.2. The highest BCUT2D eigenvalue weighted by molar-refractivity contribution is 5.86. The number of Topliss-reactive ketones (excluding diaryl/α,β-unsaturated/α-hetero) is 2. The summed E-state index contributed by atoms with van der Waals surface area (Å²) >= 11 is 0. The van der Waals surface area contributed by atoms with Gasteiger partial charge in [0.1, 0.15) is 17.2 Å². The first kappa shape index (κ1) is 22.9. The lowest BCUT2D eigenvalue weighted by Gasteiger charge is -2.28. The highest BCUT2D eigenvalue weighted by Crippen LogP contribution is 2.46. The van der Waals surface area contributed by atoms with Crippen LogP contribution >= 0.6 is 0 Å². The Morgan fingerprint density at radius 3 is 2.23 bits per heavy atom. The van der Waals surface area contributed by atoms with Crippen molar-refractivity contribution in [2.45, 2.75) is 64.4 Å². The molecule has 0 aromatic heterocycles. The number of ether oxygens (including phenoxy) is 1. The minimum atomic E-state index is -1.35. The molecule has 0 spiro atoms. The van der Waals surface area contributed by atoms with Gasteiger partial charge in [0.15, 0.2) is 0 Å². The Balaban J connectivity index is 2.88. The van der Waals surface area contributed by atoms with Gasteiger partial charge in [-0.25, -0.2) is 0 Å². The van der Waals surface area contributed by atoms with E-state index >= 15 is 0 Å². The van der Waals surface area contributed by atoms with Crippen LogP contribution in [0.15, 0.2) is 12.2 Å². The number of hydrogen-bond donors (Lipinski definition) is 4. The molecule has 0 radical (unpaired) electrons. The molecule has 2 unspecified atom stereocenters. The summed E-state index contributed by atoms with van der Waals surface area (Å²) in [5.74, 6) is -3.34. The van der Waals surface area contributed by atoms with Gasteiger partial charge in [-0.05, 0) is 13.8 Å². The average molecular weight is 372 g/mol. The molecule has 0 aromatic carbocycles. The second-order valence-electron chi connectivity index (χ2n) is 7.20. The lowest BCUT2D eigenvalue weighted by atomic mass is 9.79. The third-order valence-corrected chi connectivity index (χ3v) is 5.25. The highest BCUT2D eigenvalue weighted by atomic mass is 16.6. The summed E-state index contributed by atoms with van der Waals surface area (Å²) in [5.41, 5.74) is -0.994. The molecule has 0 saturated carbocycles. The van der Waals surface area contributed by atoms with Gasteiger partial charge < -0.3 is 25.2 Å². The van der Waals surface area contributed by atoms with Gasteiger partial charge in [0, 0.05) is 18.8 Å². The molecule has 1 rings (SSSR count). The van der Waals surface area contributed by atoms with Crippen molar-refractivity contribution in [2.24, 2.45) is 17.8 Å². The number of carbonyl (C=O) groups is 2. The number of allylic oxidation sites excluding steroid dienone is 1. The second-order valence-corrected chi connectivity index (χ2v) is 7.20. The second kappa shape index (κ2) is 9.71. The lowest BCUT2D eigenvalue weighted by molar-refractivity contribution is -0.140. The Morgan fingerprint density at radius 2 is 1.77 bits per heavy atom. The third-order valence-electron chi connectivity index (χ3n) is 5.25. The van der Waals surface area contributed by atoms with Gasteiger partial charge in [0.2, 0.25) is 0 Å². The van der Waals surface area contributed by atoms with E-state index in [-0.39, 0.29) is 30.6 Å². The van der Waals surface area contributed by atoms with E-state index in [1.54, 1.807) is 13.8 Å². The van der Waals surface area contributed by atoms with Gasteiger partial charge in [-0.15, -0.1) is 0 Å². The summed E-state index contributed by atoms with van der Waals surface area (Å²) in [6, 6.07) is 0. The standard InChI is InChI=1S/C19H32O7/c1-5-7-11(3)18-19(4,26-18)17(25)14(10-21)16(24)13(9-20)15(23)8-12(22)6-2/h5,7,11,13-15,17-18,20-21,23,25H,6,8-10H2,1-4H3/b7-5-/t11-,13+,14-,15?,17-,18+,19?/m0/s1. The van der Waals surface area contributed by atoms with Gasteiger partial charge in [-0.2, -0.15) is 0 Å². The molecule has 7 nitrogen and oxygen atoms in total. The van der Waals surface area contributed by atoms with E-state index in [1.807, 2.05) is 26.0 Å². The summed E-state index contributed by atoms with van der Waals surface area (Å²) in [7, 11) is 0. The molecular weight excluding hydrogens is 340 g/mol. The maximum absolute atomic E-state index is 12.7. The van der Waals surface area contributed by atoms with E-state index in [2.05, 4.69) is 0 Å². The van der Waals surface area contributed by atoms with Gasteiger partial charge in [0.05, 0.1) is 43.4 Å². The number of epoxide rings is 1. The molecule has 0 bridgehead atoms. The molecule has 0 aromatic rings. The topological polar surface area (TPSA) is 128 Å². The van der Waals surface area contributed by atoms with Crippen LogP contribution in [0.4, 0.5) is 0 Å². The molecule has 1 saturated heterocycles. The predicted octanol–water partition coefficient (Wildman–Crippen LogP) is 0.233. The zero-order valence-electron chi connectivity index (χ0n) is 16.0. The molecule has 0 aliphatic carbocycles. The van der Waals surface area contributed by atoms with Crippen LogP contribution < -0.4 is 0 Å². The van der Waals surface area contributed by atoms with Crippen LogP contribution in [0.5, 0.6) is 0 Å². The average Bonchev–Trinajstić information content (AvgIpc) is 3.29. The first-order valence-corrected chi connectivity index (χ1v) is 9.11. The molecule has 150 valence electrons. The third kappa shape index (κ3) is 4.98. The first-order valence-electron chi connectivity index (χ1n) is 9.11. The van der Waals surface area contributed by atoms with E-state index in [0.29, 0.717) is 0 Å². The number of aliphatic hydroxyl groups excluding tert-OH is 4.